The molecule has 1 saturated heterocycles. The van der Waals surface area contributed by atoms with E-state index in [2.05, 4.69) is 20.3 Å². The van der Waals surface area contributed by atoms with Crippen molar-refractivity contribution in [3.8, 4) is 0 Å². The van der Waals surface area contributed by atoms with Gasteiger partial charge in [-0.1, -0.05) is 0 Å². The number of nitrogen functional groups attached to an aromatic ring is 1. The molecular weight excluding hydrogens is 304 g/mol. The zero-order valence-electron chi connectivity index (χ0n) is 11.9. The zero-order valence-corrected chi connectivity index (χ0v) is 12.7. The van der Waals surface area contributed by atoms with E-state index in [1.54, 1.807) is 6.33 Å². The van der Waals surface area contributed by atoms with Gasteiger partial charge in [-0.05, 0) is 12.8 Å². The molecule has 3 heterocycles. The van der Waals surface area contributed by atoms with E-state index in [1.165, 1.54) is 11.8 Å². The standard InChI is InChI=1S/C13H18N6O2S/c14-13-17-11(16-6-1-2-6)10-12(18-13)19(5-15-10)9-3-7(21)8(4-20)22-9/h5-9,20-21H,1-4H2,(H3,14,16,17,18)/t7-,8+,9-/m0/s1. The number of hydrogen-bond donors (Lipinski definition) is 4. The van der Waals surface area contributed by atoms with Gasteiger partial charge in [0.2, 0.25) is 5.95 Å². The van der Waals surface area contributed by atoms with E-state index in [9.17, 15) is 10.2 Å². The maximum Gasteiger partial charge on any atom is 0.224 e. The SMILES string of the molecule is Nc1nc(NC2CC2)c2ncn([C@@H]3C[C@H](O)[C@@H](CO)S3)c2n1. The molecule has 0 aromatic carbocycles. The lowest BCUT2D eigenvalue weighted by atomic mass is 10.2. The Morgan fingerprint density at radius 2 is 2.23 bits per heavy atom. The highest BCUT2D eigenvalue weighted by atomic mass is 32.2. The molecule has 0 spiro atoms. The van der Waals surface area contributed by atoms with Crippen molar-refractivity contribution in [3.05, 3.63) is 6.33 Å². The summed E-state index contributed by atoms with van der Waals surface area (Å²) in [6.07, 6.45) is 4.00. The monoisotopic (exact) mass is 322 g/mol. The number of anilines is 2. The van der Waals surface area contributed by atoms with Crippen LogP contribution in [0.2, 0.25) is 0 Å². The Balaban J connectivity index is 1.71. The highest BCUT2D eigenvalue weighted by Crippen LogP contribution is 2.42. The number of nitrogens with zero attached hydrogens (tertiary/aromatic N) is 4. The summed E-state index contributed by atoms with van der Waals surface area (Å²) in [5.41, 5.74) is 7.19. The van der Waals surface area contributed by atoms with Crippen molar-refractivity contribution in [3.63, 3.8) is 0 Å². The number of imidazole rings is 1. The lowest BCUT2D eigenvalue weighted by molar-refractivity contribution is 0.138. The van der Waals surface area contributed by atoms with Crippen LogP contribution >= 0.6 is 11.8 Å². The fraction of sp³-hybridized carbons (Fsp3) is 0.615. The number of aromatic nitrogens is 4. The van der Waals surface area contributed by atoms with Gasteiger partial charge >= 0.3 is 0 Å². The third kappa shape index (κ3) is 2.38. The molecule has 2 aromatic heterocycles. The van der Waals surface area contributed by atoms with Crippen molar-refractivity contribution in [2.75, 3.05) is 17.7 Å². The summed E-state index contributed by atoms with van der Waals surface area (Å²) in [7, 11) is 0. The predicted octanol–water partition coefficient (Wildman–Crippen LogP) is 0.340. The van der Waals surface area contributed by atoms with Crippen LogP contribution in [0.5, 0.6) is 0 Å². The molecule has 0 unspecified atom stereocenters. The van der Waals surface area contributed by atoms with Gasteiger partial charge in [-0.25, -0.2) is 4.98 Å². The Morgan fingerprint density at radius 1 is 1.41 bits per heavy atom. The van der Waals surface area contributed by atoms with E-state index in [-0.39, 0.29) is 23.2 Å². The summed E-state index contributed by atoms with van der Waals surface area (Å²) >= 11 is 1.53. The molecule has 5 N–H and O–H groups in total. The maximum absolute atomic E-state index is 9.98. The van der Waals surface area contributed by atoms with Crippen molar-refractivity contribution in [1.82, 2.24) is 19.5 Å². The van der Waals surface area contributed by atoms with Crippen molar-refractivity contribution in [2.45, 2.75) is 42.0 Å². The molecule has 22 heavy (non-hydrogen) atoms. The van der Waals surface area contributed by atoms with Gasteiger partial charge in [-0.2, -0.15) is 9.97 Å². The largest absolute Gasteiger partial charge is 0.395 e. The summed E-state index contributed by atoms with van der Waals surface area (Å²) in [4.78, 5) is 13.0. The molecule has 1 aliphatic carbocycles. The van der Waals surface area contributed by atoms with Gasteiger partial charge in [0.1, 0.15) is 0 Å². The average molecular weight is 322 g/mol. The van der Waals surface area contributed by atoms with Crippen LogP contribution in [0.4, 0.5) is 11.8 Å². The number of nitrogens with two attached hydrogens (primary N) is 1. The van der Waals surface area contributed by atoms with Crippen LogP contribution in [0.25, 0.3) is 11.2 Å². The van der Waals surface area contributed by atoms with Crippen LogP contribution in [-0.4, -0.2) is 53.7 Å². The topological polar surface area (TPSA) is 122 Å². The van der Waals surface area contributed by atoms with Crippen molar-refractivity contribution >= 4 is 34.7 Å². The molecule has 118 valence electrons. The molecule has 0 radical (unpaired) electrons. The Hall–Kier alpha value is -1.58. The van der Waals surface area contributed by atoms with E-state index < -0.39 is 6.10 Å². The second kappa shape index (κ2) is 5.25. The van der Waals surface area contributed by atoms with Crippen LogP contribution in [0.1, 0.15) is 24.6 Å². The van der Waals surface area contributed by atoms with Gasteiger partial charge in [0.25, 0.3) is 0 Å². The quantitative estimate of drug-likeness (QED) is 0.635. The van der Waals surface area contributed by atoms with Crippen LogP contribution in [0.3, 0.4) is 0 Å². The van der Waals surface area contributed by atoms with Crippen LogP contribution < -0.4 is 11.1 Å². The fourth-order valence-electron chi connectivity index (χ4n) is 2.72. The third-order valence-corrected chi connectivity index (χ3v) is 5.60. The molecule has 4 rings (SSSR count). The maximum atomic E-state index is 9.98. The Kier molecular flexibility index (Phi) is 3.35. The number of aliphatic hydroxyl groups is 2. The van der Waals surface area contributed by atoms with E-state index in [0.29, 0.717) is 29.4 Å². The molecule has 2 aliphatic rings. The number of fused-ring (bicyclic) bond motifs is 1. The average Bonchev–Trinajstić information content (AvgIpc) is 3.07. The molecule has 3 atom stereocenters. The first kappa shape index (κ1) is 14.0. The van der Waals surface area contributed by atoms with E-state index in [0.717, 1.165) is 12.8 Å². The first-order valence-electron chi connectivity index (χ1n) is 7.36. The first-order valence-corrected chi connectivity index (χ1v) is 8.31. The van der Waals surface area contributed by atoms with Crippen LogP contribution in [0, 0.1) is 0 Å². The second-order valence-corrected chi connectivity index (χ2v) is 7.21. The minimum Gasteiger partial charge on any atom is -0.395 e. The molecular formula is C13H18N6O2S. The number of thioether (sulfide) groups is 1. The van der Waals surface area contributed by atoms with Gasteiger partial charge in [0.15, 0.2) is 17.0 Å². The summed E-state index contributed by atoms with van der Waals surface area (Å²) in [5.74, 6) is 0.880. The summed E-state index contributed by atoms with van der Waals surface area (Å²) < 4.78 is 1.91. The number of rotatable bonds is 4. The molecule has 1 saturated carbocycles. The fourth-order valence-corrected chi connectivity index (χ4v) is 4.09. The van der Waals surface area contributed by atoms with Crippen LogP contribution in [-0.2, 0) is 0 Å². The minimum absolute atomic E-state index is 0.0137. The van der Waals surface area contributed by atoms with Gasteiger partial charge in [-0.3, -0.25) is 0 Å². The number of nitrogens with one attached hydrogen (secondary N) is 1. The van der Waals surface area contributed by atoms with Crippen molar-refractivity contribution in [1.29, 1.82) is 0 Å². The Morgan fingerprint density at radius 3 is 2.91 bits per heavy atom. The zero-order chi connectivity index (χ0) is 15.3. The smallest absolute Gasteiger partial charge is 0.224 e. The number of aliphatic hydroxyl groups excluding tert-OH is 2. The van der Waals surface area contributed by atoms with Gasteiger partial charge in [-0.15, -0.1) is 11.8 Å². The van der Waals surface area contributed by atoms with Gasteiger partial charge < -0.3 is 25.8 Å². The highest BCUT2D eigenvalue weighted by Gasteiger charge is 2.35. The molecule has 9 heteroatoms. The van der Waals surface area contributed by atoms with E-state index in [1.807, 2.05) is 4.57 Å². The first-order chi connectivity index (χ1) is 10.7. The predicted molar refractivity (Wildman–Crippen MR) is 84.5 cm³/mol. The van der Waals surface area contributed by atoms with Gasteiger partial charge in [0.05, 0.1) is 29.7 Å². The van der Waals surface area contributed by atoms with Crippen molar-refractivity contribution < 1.29 is 10.2 Å². The summed E-state index contributed by atoms with van der Waals surface area (Å²) in [6.45, 7) is -0.0411. The Labute approximate surface area is 131 Å². The highest BCUT2D eigenvalue weighted by molar-refractivity contribution is 8.00. The summed E-state index contributed by atoms with van der Waals surface area (Å²) in [5, 5.41) is 22.4. The lowest BCUT2D eigenvalue weighted by Crippen LogP contribution is -2.20. The number of hydrogen-bond acceptors (Lipinski definition) is 8. The molecule has 0 amide bonds. The third-order valence-electron chi connectivity index (χ3n) is 4.05. The van der Waals surface area contributed by atoms with Crippen molar-refractivity contribution in [2.24, 2.45) is 0 Å². The summed E-state index contributed by atoms with van der Waals surface area (Å²) in [6, 6.07) is 0.448. The molecule has 2 fully saturated rings. The molecule has 8 nitrogen and oxygen atoms in total. The second-order valence-electron chi connectivity index (χ2n) is 5.79. The normalized spacial score (nSPS) is 28.4. The van der Waals surface area contributed by atoms with E-state index in [4.69, 9.17) is 5.73 Å². The lowest BCUT2D eigenvalue weighted by Gasteiger charge is -2.12. The molecule has 1 aliphatic heterocycles. The van der Waals surface area contributed by atoms with E-state index >= 15 is 0 Å². The van der Waals surface area contributed by atoms with Gasteiger partial charge in [0, 0.05) is 12.5 Å². The van der Waals surface area contributed by atoms with Crippen LogP contribution in [0.15, 0.2) is 6.33 Å². The molecule has 2 aromatic rings. The molecule has 0 bridgehead atoms. The minimum atomic E-state index is -0.527. The Bertz CT molecular complexity index is 703.